The molecule has 1 fully saturated rings. The first-order valence-corrected chi connectivity index (χ1v) is 8.00. The molecule has 2 heterocycles. The molecule has 1 aromatic heterocycles. The second-order valence-corrected chi connectivity index (χ2v) is 5.79. The number of nitrogens with one attached hydrogen (secondary N) is 1. The van der Waals surface area contributed by atoms with Crippen LogP contribution < -0.4 is 15.8 Å². The first-order valence-electron chi connectivity index (χ1n) is 8.00. The molecule has 23 heavy (non-hydrogen) atoms. The van der Waals surface area contributed by atoms with E-state index in [1.165, 1.54) is 0 Å². The third-order valence-corrected chi connectivity index (χ3v) is 4.37. The van der Waals surface area contributed by atoms with Crippen LogP contribution in [0.5, 0.6) is 0 Å². The van der Waals surface area contributed by atoms with E-state index in [4.69, 9.17) is 0 Å². The molecule has 3 aromatic rings. The van der Waals surface area contributed by atoms with Gasteiger partial charge in [-0.3, -0.25) is 9.36 Å². The van der Waals surface area contributed by atoms with Gasteiger partial charge in [0.15, 0.2) is 0 Å². The quantitative estimate of drug-likeness (QED) is 0.790. The number of fused-ring (bicyclic) bond motifs is 1. The van der Waals surface area contributed by atoms with E-state index in [0.717, 1.165) is 48.5 Å². The summed E-state index contributed by atoms with van der Waals surface area (Å²) in [5.41, 5.74) is 2.92. The van der Waals surface area contributed by atoms with Gasteiger partial charge in [0.25, 0.3) is 5.56 Å². The van der Waals surface area contributed by atoms with Gasteiger partial charge in [-0.05, 0) is 18.2 Å². The highest BCUT2D eigenvalue weighted by Gasteiger charge is 2.16. The first-order chi connectivity index (χ1) is 11.3. The number of benzene rings is 2. The molecule has 0 atom stereocenters. The molecule has 116 valence electrons. The Morgan fingerprint density at radius 1 is 0.870 bits per heavy atom. The van der Waals surface area contributed by atoms with Crippen LogP contribution in [0.4, 0.5) is 5.69 Å². The zero-order chi connectivity index (χ0) is 15.6. The summed E-state index contributed by atoms with van der Waals surface area (Å²) >= 11 is 0. The minimum absolute atomic E-state index is 0.0171. The summed E-state index contributed by atoms with van der Waals surface area (Å²) in [4.78, 5) is 15.1. The largest absolute Gasteiger partial charge is 0.368 e. The van der Waals surface area contributed by atoms with Crippen LogP contribution in [0, 0.1) is 0 Å². The predicted octanol–water partition coefficient (Wildman–Crippen LogP) is 2.40. The summed E-state index contributed by atoms with van der Waals surface area (Å²) in [6, 6.07) is 19.8. The molecule has 4 nitrogen and oxygen atoms in total. The van der Waals surface area contributed by atoms with Crippen molar-refractivity contribution in [3.63, 3.8) is 0 Å². The fraction of sp³-hybridized carbons (Fsp3) is 0.211. The van der Waals surface area contributed by atoms with Crippen LogP contribution in [0.2, 0.25) is 0 Å². The zero-order valence-electron chi connectivity index (χ0n) is 12.9. The van der Waals surface area contributed by atoms with Crippen LogP contribution in [0.1, 0.15) is 0 Å². The van der Waals surface area contributed by atoms with E-state index in [0.29, 0.717) is 0 Å². The molecular weight excluding hydrogens is 286 g/mol. The molecule has 1 aliphatic heterocycles. The summed E-state index contributed by atoms with van der Waals surface area (Å²) in [7, 11) is 0. The van der Waals surface area contributed by atoms with E-state index in [1.54, 1.807) is 10.6 Å². The Labute approximate surface area is 135 Å². The number of rotatable bonds is 2. The number of para-hydroxylation sites is 2. The van der Waals surface area contributed by atoms with E-state index >= 15 is 0 Å². The highest BCUT2D eigenvalue weighted by molar-refractivity contribution is 5.93. The van der Waals surface area contributed by atoms with Crippen molar-refractivity contribution in [3.05, 3.63) is 71.0 Å². The molecule has 1 saturated heterocycles. The second kappa shape index (κ2) is 5.89. The van der Waals surface area contributed by atoms with Gasteiger partial charge in [-0.25, -0.2) is 0 Å². The lowest BCUT2D eigenvalue weighted by Crippen LogP contribution is -2.44. The molecule has 1 aliphatic rings. The average molecular weight is 305 g/mol. The van der Waals surface area contributed by atoms with Crippen LogP contribution in [-0.2, 0) is 0 Å². The standard InChI is InChI=1S/C19H19N3O/c23-19-14-18(21-12-10-20-11-13-21)16-8-4-5-9-17(16)22(19)15-6-2-1-3-7-15/h1-9,14,20H,10-13H2. The Bertz CT molecular complexity index is 880. The van der Waals surface area contributed by atoms with Crippen molar-refractivity contribution in [2.24, 2.45) is 0 Å². The predicted molar refractivity (Wildman–Crippen MR) is 94.6 cm³/mol. The SMILES string of the molecule is O=c1cc(N2CCNCC2)c2ccccc2n1-c1ccccc1. The lowest BCUT2D eigenvalue weighted by atomic mass is 10.1. The van der Waals surface area contributed by atoms with Gasteiger partial charge >= 0.3 is 0 Å². The summed E-state index contributed by atoms with van der Waals surface area (Å²) < 4.78 is 1.79. The molecule has 4 rings (SSSR count). The van der Waals surface area contributed by atoms with Crippen LogP contribution >= 0.6 is 0 Å². The van der Waals surface area contributed by atoms with E-state index in [-0.39, 0.29) is 5.56 Å². The van der Waals surface area contributed by atoms with Crippen molar-refractivity contribution < 1.29 is 0 Å². The maximum atomic E-state index is 12.8. The lowest BCUT2D eigenvalue weighted by Gasteiger charge is -2.30. The van der Waals surface area contributed by atoms with Crippen molar-refractivity contribution in [1.29, 1.82) is 0 Å². The number of aromatic nitrogens is 1. The lowest BCUT2D eigenvalue weighted by molar-refractivity contribution is 0.590. The molecule has 0 spiro atoms. The van der Waals surface area contributed by atoms with Gasteiger partial charge in [0.1, 0.15) is 0 Å². The molecule has 0 aliphatic carbocycles. The monoisotopic (exact) mass is 305 g/mol. The zero-order valence-corrected chi connectivity index (χ0v) is 12.9. The normalized spacial score (nSPS) is 15.0. The van der Waals surface area contributed by atoms with Crippen molar-refractivity contribution in [3.8, 4) is 5.69 Å². The molecule has 0 bridgehead atoms. The Kier molecular flexibility index (Phi) is 3.60. The third kappa shape index (κ3) is 2.51. The second-order valence-electron chi connectivity index (χ2n) is 5.79. The van der Waals surface area contributed by atoms with Gasteiger partial charge in [-0.15, -0.1) is 0 Å². The van der Waals surface area contributed by atoms with Gasteiger partial charge < -0.3 is 10.2 Å². The molecule has 0 amide bonds. The minimum Gasteiger partial charge on any atom is -0.368 e. The molecular formula is C19H19N3O. The Balaban J connectivity index is 1.97. The summed E-state index contributed by atoms with van der Waals surface area (Å²) in [6.45, 7) is 3.77. The van der Waals surface area contributed by atoms with Crippen molar-refractivity contribution in [2.45, 2.75) is 0 Å². The maximum absolute atomic E-state index is 12.8. The Morgan fingerprint density at radius 3 is 2.35 bits per heavy atom. The molecule has 0 radical (unpaired) electrons. The van der Waals surface area contributed by atoms with E-state index in [9.17, 15) is 4.79 Å². The fourth-order valence-corrected chi connectivity index (χ4v) is 3.27. The minimum atomic E-state index is 0.0171. The highest BCUT2D eigenvalue weighted by Crippen LogP contribution is 2.26. The number of piperazine rings is 1. The van der Waals surface area contributed by atoms with E-state index in [1.807, 2.05) is 48.5 Å². The summed E-state index contributed by atoms with van der Waals surface area (Å²) in [5.74, 6) is 0. The van der Waals surface area contributed by atoms with E-state index < -0.39 is 0 Å². The Morgan fingerprint density at radius 2 is 1.57 bits per heavy atom. The van der Waals surface area contributed by atoms with Crippen molar-refractivity contribution in [1.82, 2.24) is 9.88 Å². The summed E-state index contributed by atoms with van der Waals surface area (Å²) in [6.07, 6.45) is 0. The molecule has 0 unspecified atom stereocenters. The Hall–Kier alpha value is -2.59. The topological polar surface area (TPSA) is 37.3 Å². The fourth-order valence-electron chi connectivity index (χ4n) is 3.27. The first kappa shape index (κ1) is 14.0. The van der Waals surface area contributed by atoms with Crippen LogP contribution in [0.15, 0.2) is 65.5 Å². The third-order valence-electron chi connectivity index (χ3n) is 4.37. The van der Waals surface area contributed by atoms with Crippen LogP contribution in [0.3, 0.4) is 0 Å². The number of hydrogen-bond donors (Lipinski definition) is 1. The number of hydrogen-bond acceptors (Lipinski definition) is 3. The van der Waals surface area contributed by atoms with Gasteiger partial charge in [-0.1, -0.05) is 36.4 Å². The van der Waals surface area contributed by atoms with Crippen molar-refractivity contribution in [2.75, 3.05) is 31.1 Å². The summed E-state index contributed by atoms with van der Waals surface area (Å²) in [5, 5.41) is 4.48. The molecule has 0 saturated carbocycles. The molecule has 4 heteroatoms. The molecule has 1 N–H and O–H groups in total. The van der Waals surface area contributed by atoms with Crippen molar-refractivity contribution >= 4 is 16.6 Å². The average Bonchev–Trinajstić information content (AvgIpc) is 2.62. The van der Waals surface area contributed by atoms with Crippen LogP contribution in [0.25, 0.3) is 16.6 Å². The van der Waals surface area contributed by atoms with Gasteiger partial charge in [0, 0.05) is 43.3 Å². The van der Waals surface area contributed by atoms with Gasteiger partial charge in [0.05, 0.1) is 11.2 Å². The van der Waals surface area contributed by atoms with E-state index in [2.05, 4.69) is 16.3 Å². The molecule has 2 aromatic carbocycles. The number of anilines is 1. The number of nitrogens with zero attached hydrogens (tertiary/aromatic N) is 2. The smallest absolute Gasteiger partial charge is 0.257 e. The van der Waals surface area contributed by atoms with Gasteiger partial charge in [-0.2, -0.15) is 0 Å². The maximum Gasteiger partial charge on any atom is 0.257 e. The number of pyridine rings is 1. The van der Waals surface area contributed by atoms with Gasteiger partial charge in [0.2, 0.25) is 0 Å². The highest BCUT2D eigenvalue weighted by atomic mass is 16.1. The van der Waals surface area contributed by atoms with Crippen LogP contribution in [-0.4, -0.2) is 30.7 Å².